The smallest absolute Gasteiger partial charge is 0.337 e. The van der Waals surface area contributed by atoms with Gasteiger partial charge in [0, 0.05) is 36.6 Å². The number of thiophene rings is 1. The number of ether oxygens (including phenoxy) is 2. The van der Waals surface area contributed by atoms with Crippen LogP contribution in [0.3, 0.4) is 0 Å². The number of fused-ring (bicyclic) bond motifs is 1. The largest absolute Gasteiger partial charge is 0.494 e. The molecule has 0 saturated carbocycles. The van der Waals surface area contributed by atoms with E-state index in [0.29, 0.717) is 17.3 Å². The molecule has 2 aliphatic rings. The standard InChI is InChI=1S/C30H34N6O3S/c1-38-26-19-23(36-15-10-22(11-16-36)35-13-3-4-14-35)8-9-24(26)32-30-33-25-12-17-40-27(25)28(34-30)31-21-7-5-6-20(18-21)29(37)39-2/h5-9,12,17-19,22H,3-4,10-11,13-16H2,1-2H3,(H2,31,32,33,34). The summed E-state index contributed by atoms with van der Waals surface area (Å²) in [6.45, 7) is 4.63. The highest BCUT2D eigenvalue weighted by Gasteiger charge is 2.27. The summed E-state index contributed by atoms with van der Waals surface area (Å²) in [5.74, 6) is 1.46. The third-order valence-corrected chi connectivity index (χ3v) is 8.68. The fourth-order valence-electron chi connectivity index (χ4n) is 5.68. The van der Waals surface area contributed by atoms with Crippen molar-refractivity contribution in [3.63, 3.8) is 0 Å². The van der Waals surface area contributed by atoms with E-state index in [1.807, 2.05) is 29.6 Å². The Morgan fingerprint density at radius 3 is 2.58 bits per heavy atom. The molecule has 0 atom stereocenters. The topological polar surface area (TPSA) is 91.8 Å². The Morgan fingerprint density at radius 2 is 1.80 bits per heavy atom. The highest BCUT2D eigenvalue weighted by atomic mass is 32.1. The van der Waals surface area contributed by atoms with Crippen LogP contribution in [-0.2, 0) is 4.74 Å². The van der Waals surface area contributed by atoms with Crippen molar-refractivity contribution in [3.05, 3.63) is 59.5 Å². The van der Waals surface area contributed by atoms with E-state index in [1.165, 1.54) is 51.6 Å². The molecular formula is C30H34N6O3S. The van der Waals surface area contributed by atoms with Gasteiger partial charge in [0.25, 0.3) is 0 Å². The van der Waals surface area contributed by atoms with Crippen LogP contribution in [0.1, 0.15) is 36.0 Å². The second-order valence-corrected chi connectivity index (χ2v) is 11.1. The number of likely N-dealkylation sites (tertiary alicyclic amines) is 1. The first-order valence-electron chi connectivity index (χ1n) is 13.8. The van der Waals surface area contributed by atoms with Gasteiger partial charge in [0.1, 0.15) is 5.75 Å². The first-order valence-corrected chi connectivity index (χ1v) is 14.6. The lowest BCUT2D eigenvalue weighted by molar-refractivity contribution is 0.0601. The molecule has 2 aromatic heterocycles. The number of rotatable bonds is 8. The van der Waals surface area contributed by atoms with Crippen molar-refractivity contribution in [2.75, 3.05) is 55.9 Å². The molecule has 0 unspecified atom stereocenters. The predicted molar refractivity (Wildman–Crippen MR) is 161 cm³/mol. The van der Waals surface area contributed by atoms with Crippen LogP contribution in [0.25, 0.3) is 10.2 Å². The maximum atomic E-state index is 12.0. The number of carbonyl (C=O) groups is 1. The van der Waals surface area contributed by atoms with Crippen LogP contribution in [0.15, 0.2) is 53.9 Å². The summed E-state index contributed by atoms with van der Waals surface area (Å²) >= 11 is 1.56. The minimum Gasteiger partial charge on any atom is -0.494 e. The molecule has 0 spiro atoms. The number of nitrogens with one attached hydrogen (secondary N) is 2. The van der Waals surface area contributed by atoms with E-state index in [4.69, 9.17) is 19.4 Å². The first-order chi connectivity index (χ1) is 19.6. The summed E-state index contributed by atoms with van der Waals surface area (Å²) in [4.78, 5) is 26.6. The number of esters is 1. The van der Waals surface area contributed by atoms with Gasteiger partial charge in [0.05, 0.1) is 35.7 Å². The number of nitrogens with zero attached hydrogens (tertiary/aromatic N) is 4. The molecule has 2 aliphatic heterocycles. The minimum absolute atomic E-state index is 0.388. The Kier molecular flexibility index (Phi) is 7.70. The van der Waals surface area contributed by atoms with Crippen LogP contribution < -0.4 is 20.3 Å². The molecule has 4 aromatic rings. The van der Waals surface area contributed by atoms with Gasteiger partial charge in [0.2, 0.25) is 5.95 Å². The fraction of sp³-hybridized carbons (Fsp3) is 0.367. The lowest BCUT2D eigenvalue weighted by Gasteiger charge is -2.38. The fourth-order valence-corrected chi connectivity index (χ4v) is 6.45. The minimum atomic E-state index is -0.388. The molecule has 2 N–H and O–H groups in total. The number of methoxy groups -OCH3 is 2. The third kappa shape index (κ3) is 5.55. The maximum absolute atomic E-state index is 12.0. The van der Waals surface area contributed by atoms with E-state index < -0.39 is 0 Å². The van der Waals surface area contributed by atoms with Crippen molar-refractivity contribution in [2.24, 2.45) is 0 Å². The van der Waals surface area contributed by atoms with Gasteiger partial charge >= 0.3 is 5.97 Å². The average molecular weight is 559 g/mol. The summed E-state index contributed by atoms with van der Waals surface area (Å²) in [5.41, 5.74) is 3.99. The van der Waals surface area contributed by atoms with E-state index in [2.05, 4.69) is 32.6 Å². The number of hydrogen-bond donors (Lipinski definition) is 2. The second-order valence-electron chi connectivity index (χ2n) is 10.2. The summed E-state index contributed by atoms with van der Waals surface area (Å²) in [7, 11) is 3.06. The normalized spacial score (nSPS) is 16.3. The molecular weight excluding hydrogens is 524 g/mol. The number of piperidine rings is 1. The number of carbonyl (C=O) groups excluding carboxylic acids is 1. The van der Waals surface area contributed by atoms with Gasteiger partial charge < -0.3 is 29.9 Å². The molecule has 40 heavy (non-hydrogen) atoms. The van der Waals surface area contributed by atoms with Crippen LogP contribution in [0.2, 0.25) is 0 Å². The molecule has 2 fully saturated rings. The molecule has 208 valence electrons. The molecule has 2 saturated heterocycles. The monoisotopic (exact) mass is 558 g/mol. The Bertz CT molecular complexity index is 1490. The van der Waals surface area contributed by atoms with Gasteiger partial charge in [-0.25, -0.2) is 9.78 Å². The molecule has 0 aliphatic carbocycles. The van der Waals surface area contributed by atoms with Gasteiger partial charge in [0.15, 0.2) is 5.82 Å². The van der Waals surface area contributed by atoms with Crippen LogP contribution >= 0.6 is 11.3 Å². The molecule has 4 heterocycles. The molecule has 6 rings (SSSR count). The lowest BCUT2D eigenvalue weighted by atomic mass is 10.0. The Balaban J connectivity index is 1.20. The van der Waals surface area contributed by atoms with Crippen LogP contribution in [0.4, 0.5) is 28.8 Å². The van der Waals surface area contributed by atoms with Crippen molar-refractivity contribution in [1.82, 2.24) is 14.9 Å². The Morgan fingerprint density at radius 1 is 0.975 bits per heavy atom. The number of benzene rings is 2. The molecule has 0 bridgehead atoms. The van der Waals surface area contributed by atoms with E-state index >= 15 is 0 Å². The van der Waals surface area contributed by atoms with E-state index in [9.17, 15) is 4.79 Å². The first kappa shape index (κ1) is 26.3. The van der Waals surface area contributed by atoms with Gasteiger partial charge in [-0.15, -0.1) is 11.3 Å². The number of anilines is 5. The van der Waals surface area contributed by atoms with Crippen molar-refractivity contribution < 1.29 is 14.3 Å². The Hall–Kier alpha value is -3.89. The highest BCUT2D eigenvalue weighted by molar-refractivity contribution is 7.17. The molecule has 10 heteroatoms. The maximum Gasteiger partial charge on any atom is 0.337 e. The van der Waals surface area contributed by atoms with Crippen LogP contribution in [-0.4, -0.2) is 67.3 Å². The summed E-state index contributed by atoms with van der Waals surface area (Å²) in [5, 5.41) is 8.70. The van der Waals surface area contributed by atoms with Gasteiger partial charge in [-0.1, -0.05) is 6.07 Å². The quantitative estimate of drug-likeness (QED) is 0.251. The zero-order valence-electron chi connectivity index (χ0n) is 22.9. The highest BCUT2D eigenvalue weighted by Crippen LogP contribution is 2.35. The zero-order valence-corrected chi connectivity index (χ0v) is 23.7. The summed E-state index contributed by atoms with van der Waals surface area (Å²) in [6, 6.07) is 16.1. The Labute approximate surface area is 238 Å². The van der Waals surface area contributed by atoms with E-state index in [1.54, 1.807) is 30.6 Å². The van der Waals surface area contributed by atoms with E-state index in [0.717, 1.165) is 46.5 Å². The average Bonchev–Trinajstić information content (AvgIpc) is 3.70. The lowest BCUT2D eigenvalue weighted by Crippen LogP contribution is -2.43. The molecule has 0 amide bonds. The van der Waals surface area contributed by atoms with Crippen LogP contribution in [0.5, 0.6) is 5.75 Å². The molecule has 0 radical (unpaired) electrons. The third-order valence-electron chi connectivity index (χ3n) is 7.77. The van der Waals surface area contributed by atoms with Crippen LogP contribution in [0, 0.1) is 0 Å². The summed E-state index contributed by atoms with van der Waals surface area (Å²) in [6.07, 6.45) is 5.09. The van der Waals surface area contributed by atoms with Crippen molar-refractivity contribution in [2.45, 2.75) is 31.7 Å². The van der Waals surface area contributed by atoms with E-state index in [-0.39, 0.29) is 5.97 Å². The zero-order chi connectivity index (χ0) is 27.5. The van der Waals surface area contributed by atoms with Gasteiger partial charge in [-0.05, 0) is 80.6 Å². The molecule has 2 aromatic carbocycles. The number of aromatic nitrogens is 2. The molecule has 9 nitrogen and oxygen atoms in total. The van der Waals surface area contributed by atoms with Gasteiger partial charge in [-0.3, -0.25) is 0 Å². The second kappa shape index (κ2) is 11.7. The van der Waals surface area contributed by atoms with Gasteiger partial charge in [-0.2, -0.15) is 4.98 Å². The van der Waals surface area contributed by atoms with Crippen molar-refractivity contribution >= 4 is 56.4 Å². The summed E-state index contributed by atoms with van der Waals surface area (Å²) < 4.78 is 11.6. The predicted octanol–water partition coefficient (Wildman–Crippen LogP) is 6.04. The van der Waals surface area contributed by atoms with Crippen molar-refractivity contribution in [1.29, 1.82) is 0 Å². The number of hydrogen-bond acceptors (Lipinski definition) is 10. The SMILES string of the molecule is COC(=O)c1cccc(Nc2nc(Nc3ccc(N4CCC(N5CCCC5)CC4)cc3OC)nc3ccsc23)c1. The van der Waals surface area contributed by atoms with Crippen molar-refractivity contribution in [3.8, 4) is 5.75 Å².